The molecule has 0 spiro atoms. The van der Waals surface area contributed by atoms with E-state index < -0.39 is 6.08 Å². The summed E-state index contributed by atoms with van der Waals surface area (Å²) in [4.78, 5) is 0. The number of rotatable bonds is 0. The van der Waals surface area contributed by atoms with E-state index in [1.54, 1.807) is 0 Å². The summed E-state index contributed by atoms with van der Waals surface area (Å²) >= 11 is 0. The van der Waals surface area contributed by atoms with Crippen molar-refractivity contribution in [2.45, 2.75) is 0 Å². The molecule has 0 aromatic rings. The first-order chi connectivity index (χ1) is 1.73. The fourth-order valence-corrected chi connectivity index (χ4v) is 0. The van der Waals surface area contributed by atoms with Crippen LogP contribution >= 0.6 is 0 Å². The quantitative estimate of drug-likeness (QED) is 0.603. The van der Waals surface area contributed by atoms with Crippen LogP contribution in [0.5, 0.6) is 0 Å². The Balaban J connectivity index is 0. The molecule has 32 valence electrons. The molecule has 0 unspecified atom stereocenters. The molecular weight excluding hydrogens is 271 g/mol. The van der Waals surface area contributed by atoms with Gasteiger partial charge in [-0.25, -0.2) is 0 Å². The molecule has 0 atom stereocenters. The molecule has 0 aliphatic rings. The van der Waals surface area contributed by atoms with Crippen molar-refractivity contribution in [3.63, 3.8) is 0 Å². The Bertz CT molecular complexity index is 30.6. The van der Waals surface area contributed by atoms with Crippen molar-refractivity contribution in [2.75, 3.05) is 0 Å². The molecule has 0 bridgehead atoms. The van der Waals surface area contributed by atoms with Crippen molar-refractivity contribution in [3.8, 4) is 0 Å². The maximum atomic E-state index is 10.1. The van der Waals surface area contributed by atoms with Crippen LogP contribution in [0.2, 0.25) is 0 Å². The SMILES string of the molecule is C=C(F)F.[PoH2]. The first kappa shape index (κ1) is 9.09. The third-order valence-electron chi connectivity index (χ3n) is 0. The summed E-state index contributed by atoms with van der Waals surface area (Å²) in [5.74, 6) is 0. The Hall–Kier alpha value is 0.496. The van der Waals surface area contributed by atoms with E-state index in [-0.39, 0.29) is 26.6 Å². The van der Waals surface area contributed by atoms with Crippen LogP contribution < -0.4 is 0 Å². The van der Waals surface area contributed by atoms with E-state index in [0.717, 1.165) is 0 Å². The Labute approximate surface area is 48.3 Å². The van der Waals surface area contributed by atoms with Crippen molar-refractivity contribution in [3.05, 3.63) is 12.7 Å². The molecule has 0 amide bonds. The summed E-state index contributed by atoms with van der Waals surface area (Å²) in [5.41, 5.74) is 0. The summed E-state index contributed by atoms with van der Waals surface area (Å²) in [7, 11) is 0. The van der Waals surface area contributed by atoms with Gasteiger partial charge in [0.15, 0.2) is 0 Å². The van der Waals surface area contributed by atoms with Crippen molar-refractivity contribution in [1.82, 2.24) is 0 Å². The average molecular weight is 275 g/mol. The second kappa shape index (κ2) is 4.50. The number of hydrogen-bond acceptors (Lipinski definition) is 0. The van der Waals surface area contributed by atoms with Crippen molar-refractivity contribution in [1.29, 1.82) is 0 Å². The standard InChI is InChI=1S/C2H2F2.Po.2H/c1-2(3)4;;;/h1H2;;;. The molecule has 5 heavy (non-hydrogen) atoms. The molecule has 0 aliphatic heterocycles. The van der Waals surface area contributed by atoms with E-state index in [1.165, 1.54) is 0 Å². The topological polar surface area (TPSA) is 0 Å². The fourth-order valence-electron chi connectivity index (χ4n) is 0. The van der Waals surface area contributed by atoms with Gasteiger partial charge in [-0.1, -0.05) is 0 Å². The number of hydrogen-bond donors (Lipinski definition) is 0. The van der Waals surface area contributed by atoms with Crippen LogP contribution in [0.1, 0.15) is 0 Å². The summed E-state index contributed by atoms with van der Waals surface area (Å²) in [5, 5.41) is 0. The van der Waals surface area contributed by atoms with Gasteiger partial charge in [-0.3, -0.25) is 0 Å². The van der Waals surface area contributed by atoms with Gasteiger partial charge in [-0.2, -0.15) is 8.78 Å². The van der Waals surface area contributed by atoms with Gasteiger partial charge in [-0.15, -0.1) is 0 Å². The van der Waals surface area contributed by atoms with Gasteiger partial charge < -0.3 is 0 Å². The van der Waals surface area contributed by atoms with Crippen LogP contribution in [-0.2, 0) is 0 Å². The summed E-state index contributed by atoms with van der Waals surface area (Å²) < 4.78 is 20.3. The molecule has 0 radical (unpaired) electrons. The zero-order valence-corrected chi connectivity index (χ0v) is 6.35. The molecule has 0 rings (SSSR count). The zero-order valence-electron chi connectivity index (χ0n) is 2.46. The summed E-state index contributed by atoms with van der Waals surface area (Å²) in [6.45, 7) is 2.22. The summed E-state index contributed by atoms with van der Waals surface area (Å²) in [6, 6.07) is 0. The van der Waals surface area contributed by atoms with Gasteiger partial charge in [0.25, 0.3) is 6.08 Å². The molecule has 0 saturated heterocycles. The predicted molar refractivity (Wildman–Crippen MR) is 19.9 cm³/mol. The van der Waals surface area contributed by atoms with E-state index in [4.69, 9.17) is 0 Å². The second-order valence-electron chi connectivity index (χ2n) is 0.339. The van der Waals surface area contributed by atoms with Crippen LogP contribution in [0.3, 0.4) is 0 Å². The molecule has 0 aliphatic carbocycles. The maximum absolute atomic E-state index is 10.1. The molecule has 0 aromatic carbocycles. The van der Waals surface area contributed by atoms with Crippen LogP contribution in [0.4, 0.5) is 8.78 Å². The normalized spacial score (nSPS) is 5.20. The minimum absolute atomic E-state index is 0. The van der Waals surface area contributed by atoms with Gasteiger partial charge in [0.1, 0.15) is 0 Å². The number of halogens is 2. The van der Waals surface area contributed by atoms with Gasteiger partial charge in [0.2, 0.25) is 0 Å². The molecule has 0 nitrogen and oxygen atoms in total. The van der Waals surface area contributed by atoms with E-state index in [1.807, 2.05) is 0 Å². The molecule has 0 aromatic heterocycles. The van der Waals surface area contributed by atoms with Gasteiger partial charge in [-0.05, 0) is 6.58 Å². The minimum atomic E-state index is -1.83. The van der Waals surface area contributed by atoms with Crippen LogP contribution in [0.15, 0.2) is 12.7 Å². The monoisotopic (exact) mass is 275 g/mol. The van der Waals surface area contributed by atoms with Crippen LogP contribution in [-0.4, -0.2) is 26.6 Å². The third kappa shape index (κ3) is 114. The Morgan fingerprint density at radius 1 is 1.40 bits per heavy atom. The van der Waals surface area contributed by atoms with E-state index in [0.29, 0.717) is 0 Å². The third-order valence-corrected chi connectivity index (χ3v) is 0. The average Bonchev–Trinajstić information content (AvgIpc) is 0.811. The first-order valence-electron chi connectivity index (χ1n) is 0.732. The van der Waals surface area contributed by atoms with Crippen molar-refractivity contribution >= 4 is 26.6 Å². The Morgan fingerprint density at radius 2 is 1.40 bits per heavy atom. The summed E-state index contributed by atoms with van der Waals surface area (Å²) in [6.07, 6.45) is -1.83. The molecule has 3 heteroatoms. The molecule has 0 heterocycles. The molecule has 0 N–H and O–H groups in total. The van der Waals surface area contributed by atoms with E-state index >= 15 is 0 Å². The van der Waals surface area contributed by atoms with Gasteiger partial charge >= 0.3 is 26.6 Å². The molecule has 0 fully saturated rings. The molecule has 0 saturated carbocycles. The second-order valence-corrected chi connectivity index (χ2v) is 0.339. The first-order valence-corrected chi connectivity index (χ1v) is 0.732. The Kier molecular flexibility index (Phi) is 8.17. The zero-order chi connectivity index (χ0) is 3.58. The van der Waals surface area contributed by atoms with Crippen molar-refractivity contribution in [2.24, 2.45) is 0 Å². The predicted octanol–water partition coefficient (Wildman–Crippen LogP) is 0.480. The van der Waals surface area contributed by atoms with E-state index in [9.17, 15) is 8.78 Å². The van der Waals surface area contributed by atoms with Crippen LogP contribution in [0.25, 0.3) is 0 Å². The van der Waals surface area contributed by atoms with Gasteiger partial charge in [0, 0.05) is 0 Å². The van der Waals surface area contributed by atoms with Gasteiger partial charge in [0.05, 0.1) is 0 Å². The fraction of sp³-hybridized carbons (Fsp3) is 0. The van der Waals surface area contributed by atoms with Crippen LogP contribution in [0, 0.1) is 0 Å². The van der Waals surface area contributed by atoms with E-state index in [2.05, 4.69) is 6.58 Å². The molecular formula is C2H4F2Po. The Morgan fingerprint density at radius 3 is 1.40 bits per heavy atom. The van der Waals surface area contributed by atoms with Crippen molar-refractivity contribution < 1.29 is 8.78 Å².